The molecule has 0 aliphatic heterocycles. The fourth-order valence-electron chi connectivity index (χ4n) is 5.63. The zero-order valence-electron chi connectivity index (χ0n) is 20.0. The van der Waals surface area contributed by atoms with Gasteiger partial charge in [0.25, 0.3) is 0 Å². The molecule has 0 unspecified atom stereocenters. The Bertz CT molecular complexity index is 1380. The highest BCUT2D eigenvalue weighted by atomic mass is 79.9. The van der Waals surface area contributed by atoms with E-state index in [0.717, 1.165) is 49.5 Å². The highest BCUT2D eigenvalue weighted by molar-refractivity contribution is 9.10. The summed E-state index contributed by atoms with van der Waals surface area (Å²) < 4.78 is 7.87. The molecule has 0 bridgehead atoms. The third kappa shape index (κ3) is 4.42. The lowest BCUT2D eigenvalue weighted by Crippen LogP contribution is -2.43. The first kappa shape index (κ1) is 24.4. The summed E-state index contributed by atoms with van der Waals surface area (Å²) in [6.07, 6.45) is 0.793. The molecule has 0 saturated carbocycles. The second-order valence-corrected chi connectivity index (χ2v) is 11.4. The summed E-state index contributed by atoms with van der Waals surface area (Å²) in [4.78, 5) is 7.03. The normalized spacial score (nSPS) is 20.3. The Morgan fingerprint density at radius 1 is 1.03 bits per heavy atom. The van der Waals surface area contributed by atoms with Gasteiger partial charge in [0.1, 0.15) is 5.60 Å². The molecule has 35 heavy (non-hydrogen) atoms. The van der Waals surface area contributed by atoms with Crippen LogP contribution in [0.15, 0.2) is 81.7 Å². The van der Waals surface area contributed by atoms with Gasteiger partial charge in [-0.25, -0.2) is 4.98 Å². The lowest BCUT2D eigenvalue weighted by atomic mass is 9.70. The largest absolute Gasteiger partial charge is 0.481 e. The van der Waals surface area contributed by atoms with E-state index >= 15 is 0 Å². The van der Waals surface area contributed by atoms with E-state index in [2.05, 4.69) is 87.3 Å². The maximum Gasteiger partial charge on any atom is 0.217 e. The quantitative estimate of drug-likeness (QED) is 0.276. The number of hydrogen-bond donors (Lipinski definition) is 1. The van der Waals surface area contributed by atoms with Crippen LogP contribution < -0.4 is 4.74 Å². The van der Waals surface area contributed by atoms with Crippen LogP contribution >= 0.6 is 31.9 Å². The fourth-order valence-corrected chi connectivity index (χ4v) is 6.42. The Hall–Kier alpha value is -2.25. The number of methoxy groups -OCH3 is 1. The highest BCUT2D eigenvalue weighted by Crippen LogP contribution is 2.54. The van der Waals surface area contributed by atoms with Gasteiger partial charge >= 0.3 is 0 Å². The van der Waals surface area contributed by atoms with Crippen molar-refractivity contribution in [2.24, 2.45) is 5.92 Å². The minimum atomic E-state index is -1.16. The third-order valence-electron chi connectivity index (χ3n) is 7.02. The minimum Gasteiger partial charge on any atom is -0.481 e. The van der Waals surface area contributed by atoms with Crippen LogP contribution in [0.25, 0.3) is 10.9 Å². The van der Waals surface area contributed by atoms with Crippen LogP contribution in [0.4, 0.5) is 0 Å². The molecular formula is C29H28Br2N2O2. The van der Waals surface area contributed by atoms with Crippen molar-refractivity contribution in [1.82, 2.24) is 9.88 Å². The van der Waals surface area contributed by atoms with Gasteiger partial charge in [0.15, 0.2) is 0 Å². The Balaban J connectivity index is 1.81. The number of nitrogens with zero attached hydrogens (tertiary/aromatic N) is 2. The Kier molecular flexibility index (Phi) is 6.75. The van der Waals surface area contributed by atoms with Gasteiger partial charge in [0.05, 0.1) is 12.6 Å². The van der Waals surface area contributed by atoms with Gasteiger partial charge in [0.2, 0.25) is 5.88 Å². The summed E-state index contributed by atoms with van der Waals surface area (Å²) in [6.45, 7) is 0.751. The van der Waals surface area contributed by atoms with E-state index in [1.807, 2.05) is 36.4 Å². The predicted octanol–water partition coefficient (Wildman–Crippen LogP) is 6.52. The second-order valence-electron chi connectivity index (χ2n) is 9.56. The maximum atomic E-state index is 12.9. The molecule has 5 rings (SSSR count). The molecular weight excluding hydrogens is 568 g/mol. The highest BCUT2D eigenvalue weighted by Gasteiger charge is 2.52. The van der Waals surface area contributed by atoms with Gasteiger partial charge in [-0.05, 0) is 73.6 Å². The molecule has 1 aliphatic rings. The Labute approximate surface area is 223 Å². The molecule has 180 valence electrons. The first-order chi connectivity index (χ1) is 16.8. The molecule has 0 radical (unpaired) electrons. The van der Waals surface area contributed by atoms with Crippen molar-refractivity contribution in [3.63, 3.8) is 0 Å². The maximum absolute atomic E-state index is 12.9. The second kappa shape index (κ2) is 9.66. The molecule has 0 spiro atoms. The molecule has 6 heteroatoms. The number of fused-ring (bicyclic) bond motifs is 2. The standard InChI is InChI=1S/C29H28Br2N2O2/c1-33(2)17-21-13-19-14-22(30)9-11-25(19)29(21,34)27(18-7-5-4-6-8-18)24-16-20-15-23(31)10-12-26(20)32-28(24)35-3/h4-12,14-16,21,27,34H,13,17H2,1-3H3/t21-,27+,29+/m1/s1. The molecule has 1 aromatic heterocycles. The van der Waals surface area contributed by atoms with Gasteiger partial charge in [-0.1, -0.05) is 68.3 Å². The molecule has 1 heterocycles. The van der Waals surface area contributed by atoms with E-state index in [1.54, 1.807) is 7.11 Å². The summed E-state index contributed by atoms with van der Waals surface area (Å²) in [5.41, 5.74) is 3.75. The van der Waals surface area contributed by atoms with E-state index in [4.69, 9.17) is 9.72 Å². The van der Waals surface area contributed by atoms with Crippen molar-refractivity contribution in [2.45, 2.75) is 17.9 Å². The summed E-state index contributed by atoms with van der Waals surface area (Å²) in [6, 6.07) is 24.7. The van der Waals surface area contributed by atoms with E-state index in [9.17, 15) is 5.11 Å². The average Bonchev–Trinajstić information content (AvgIpc) is 3.09. The Morgan fingerprint density at radius 2 is 1.74 bits per heavy atom. The number of rotatable bonds is 6. The van der Waals surface area contributed by atoms with Crippen molar-refractivity contribution in [3.8, 4) is 5.88 Å². The molecule has 0 fully saturated rings. The molecule has 3 atom stereocenters. The van der Waals surface area contributed by atoms with Gasteiger partial charge < -0.3 is 14.7 Å². The number of ether oxygens (including phenoxy) is 1. The number of pyridine rings is 1. The van der Waals surface area contributed by atoms with Crippen molar-refractivity contribution in [1.29, 1.82) is 0 Å². The zero-order valence-corrected chi connectivity index (χ0v) is 23.2. The number of hydrogen-bond acceptors (Lipinski definition) is 4. The summed E-state index contributed by atoms with van der Waals surface area (Å²) in [5, 5.41) is 13.9. The number of benzene rings is 3. The van der Waals surface area contributed by atoms with Gasteiger partial charge in [-0.15, -0.1) is 0 Å². The van der Waals surface area contributed by atoms with E-state index < -0.39 is 5.60 Å². The number of halogens is 2. The van der Waals surface area contributed by atoms with Crippen LogP contribution in [0.2, 0.25) is 0 Å². The van der Waals surface area contributed by atoms with Crippen LogP contribution in [0, 0.1) is 5.92 Å². The summed E-state index contributed by atoms with van der Waals surface area (Å²) in [7, 11) is 5.78. The third-order valence-corrected chi connectivity index (χ3v) is 8.01. The first-order valence-corrected chi connectivity index (χ1v) is 13.2. The SMILES string of the molecule is COc1nc2ccc(Br)cc2cc1[C@H](c1ccccc1)[C@@]1(O)c2ccc(Br)cc2C[C@@H]1CN(C)C. The molecule has 3 aromatic carbocycles. The average molecular weight is 596 g/mol. The molecule has 0 amide bonds. The number of aliphatic hydroxyl groups is 1. The van der Waals surface area contributed by atoms with Crippen LogP contribution in [-0.4, -0.2) is 42.7 Å². The number of aromatic nitrogens is 1. The van der Waals surface area contributed by atoms with Crippen molar-refractivity contribution < 1.29 is 9.84 Å². The Morgan fingerprint density at radius 3 is 2.46 bits per heavy atom. The summed E-state index contributed by atoms with van der Waals surface area (Å²) >= 11 is 7.23. The van der Waals surface area contributed by atoms with Gasteiger partial charge in [-0.3, -0.25) is 0 Å². The molecule has 1 aliphatic carbocycles. The molecule has 4 nitrogen and oxygen atoms in total. The summed E-state index contributed by atoms with van der Waals surface area (Å²) in [5.74, 6) is 0.146. The smallest absolute Gasteiger partial charge is 0.217 e. The van der Waals surface area contributed by atoms with Crippen LogP contribution in [0.1, 0.15) is 28.2 Å². The van der Waals surface area contributed by atoms with Crippen LogP contribution in [-0.2, 0) is 12.0 Å². The molecule has 0 saturated heterocycles. The minimum absolute atomic E-state index is 0.0186. The van der Waals surface area contributed by atoms with Gasteiger partial charge in [-0.2, -0.15) is 0 Å². The molecule has 4 aromatic rings. The predicted molar refractivity (Wildman–Crippen MR) is 148 cm³/mol. The van der Waals surface area contributed by atoms with Crippen molar-refractivity contribution in [3.05, 3.63) is 104 Å². The lowest BCUT2D eigenvalue weighted by Gasteiger charge is -2.40. The fraction of sp³-hybridized carbons (Fsp3) is 0.276. The van der Waals surface area contributed by atoms with E-state index in [0.29, 0.717) is 5.88 Å². The van der Waals surface area contributed by atoms with Crippen LogP contribution in [0.3, 0.4) is 0 Å². The topological polar surface area (TPSA) is 45.6 Å². The van der Waals surface area contributed by atoms with Crippen molar-refractivity contribution in [2.75, 3.05) is 27.7 Å². The first-order valence-electron chi connectivity index (χ1n) is 11.7. The van der Waals surface area contributed by atoms with E-state index in [1.165, 1.54) is 5.56 Å². The van der Waals surface area contributed by atoms with Crippen LogP contribution in [0.5, 0.6) is 5.88 Å². The monoisotopic (exact) mass is 594 g/mol. The van der Waals surface area contributed by atoms with Gasteiger partial charge in [0, 0.05) is 38.3 Å². The van der Waals surface area contributed by atoms with Crippen molar-refractivity contribution >= 4 is 42.8 Å². The lowest BCUT2D eigenvalue weighted by molar-refractivity contribution is -0.0355. The molecule has 1 N–H and O–H groups in total. The zero-order chi connectivity index (χ0) is 24.7. The van der Waals surface area contributed by atoms with E-state index in [-0.39, 0.29) is 11.8 Å².